The highest BCUT2D eigenvalue weighted by atomic mass is 16.5. The summed E-state index contributed by atoms with van der Waals surface area (Å²) >= 11 is 0. The van der Waals surface area contributed by atoms with Gasteiger partial charge < -0.3 is 20.1 Å². The molecule has 2 rings (SSSR count). The van der Waals surface area contributed by atoms with E-state index >= 15 is 0 Å². The molecular formula is C17H26N2O3. The summed E-state index contributed by atoms with van der Waals surface area (Å²) in [6, 6.07) is 6.08. The third kappa shape index (κ3) is 3.71. The number of nitrogens with two attached hydrogens (primary N) is 1. The van der Waals surface area contributed by atoms with Crippen molar-refractivity contribution in [3.8, 4) is 11.5 Å². The molecule has 1 aliphatic rings. The first-order valence-corrected chi connectivity index (χ1v) is 7.79. The lowest BCUT2D eigenvalue weighted by molar-refractivity contribution is -0.131. The van der Waals surface area contributed by atoms with Gasteiger partial charge in [0.25, 0.3) is 0 Å². The van der Waals surface area contributed by atoms with Crippen LogP contribution in [0.25, 0.3) is 0 Å². The fraction of sp³-hybridized carbons (Fsp3) is 0.588. The van der Waals surface area contributed by atoms with E-state index in [1.165, 1.54) is 0 Å². The van der Waals surface area contributed by atoms with E-state index in [4.69, 9.17) is 15.2 Å². The molecule has 0 aliphatic carbocycles. The minimum atomic E-state index is 0.207. The highest BCUT2D eigenvalue weighted by molar-refractivity contribution is 5.77. The number of likely N-dealkylation sites (tertiary alicyclic amines) is 1. The van der Waals surface area contributed by atoms with Crippen molar-refractivity contribution in [2.24, 2.45) is 11.7 Å². The van der Waals surface area contributed by atoms with Crippen LogP contribution in [0, 0.1) is 5.92 Å². The van der Waals surface area contributed by atoms with Gasteiger partial charge in [0, 0.05) is 19.0 Å². The number of methoxy groups -OCH3 is 2. The second kappa shape index (κ2) is 7.49. The predicted molar refractivity (Wildman–Crippen MR) is 86.2 cm³/mol. The van der Waals surface area contributed by atoms with Crippen LogP contribution in [0.5, 0.6) is 11.5 Å². The van der Waals surface area contributed by atoms with Gasteiger partial charge in [-0.2, -0.15) is 0 Å². The van der Waals surface area contributed by atoms with E-state index in [2.05, 4.69) is 6.92 Å². The van der Waals surface area contributed by atoms with Crippen molar-refractivity contribution in [1.82, 2.24) is 4.90 Å². The van der Waals surface area contributed by atoms with Gasteiger partial charge >= 0.3 is 0 Å². The number of amides is 1. The van der Waals surface area contributed by atoms with Gasteiger partial charge in [-0.05, 0) is 49.9 Å². The maximum Gasteiger partial charge on any atom is 0.223 e. The molecule has 0 spiro atoms. The fourth-order valence-electron chi connectivity index (χ4n) is 3.09. The Morgan fingerprint density at radius 1 is 1.32 bits per heavy atom. The molecule has 1 aliphatic heterocycles. The quantitative estimate of drug-likeness (QED) is 0.871. The smallest absolute Gasteiger partial charge is 0.223 e. The van der Waals surface area contributed by atoms with Gasteiger partial charge in [0.1, 0.15) is 0 Å². The van der Waals surface area contributed by atoms with E-state index in [1.807, 2.05) is 23.1 Å². The van der Waals surface area contributed by atoms with E-state index < -0.39 is 0 Å². The summed E-state index contributed by atoms with van der Waals surface area (Å²) in [5, 5.41) is 0. The van der Waals surface area contributed by atoms with Crippen LogP contribution in [0.2, 0.25) is 0 Å². The van der Waals surface area contributed by atoms with Crippen LogP contribution >= 0.6 is 0 Å². The van der Waals surface area contributed by atoms with E-state index in [1.54, 1.807) is 14.2 Å². The molecule has 2 atom stereocenters. The molecule has 1 fully saturated rings. The normalized spacial score (nSPS) is 21.0. The van der Waals surface area contributed by atoms with E-state index in [0.29, 0.717) is 42.8 Å². The Morgan fingerprint density at radius 2 is 2.05 bits per heavy atom. The molecule has 22 heavy (non-hydrogen) atoms. The predicted octanol–water partition coefficient (Wildman–Crippen LogP) is 1.83. The molecule has 122 valence electrons. The topological polar surface area (TPSA) is 64.8 Å². The lowest BCUT2D eigenvalue weighted by Gasteiger charge is -2.21. The molecule has 1 aromatic carbocycles. The Morgan fingerprint density at radius 3 is 2.64 bits per heavy atom. The van der Waals surface area contributed by atoms with Crippen LogP contribution < -0.4 is 15.2 Å². The summed E-state index contributed by atoms with van der Waals surface area (Å²) in [6.07, 6.45) is 2.23. The average Bonchev–Trinajstić information content (AvgIpc) is 2.93. The minimum absolute atomic E-state index is 0.207. The molecule has 0 aromatic heterocycles. The van der Waals surface area contributed by atoms with Crippen LogP contribution in [-0.4, -0.2) is 44.2 Å². The summed E-state index contributed by atoms with van der Waals surface area (Å²) in [6.45, 7) is 3.55. The number of carbonyl (C=O) groups is 1. The molecule has 1 heterocycles. The molecule has 0 radical (unpaired) electrons. The second-order valence-electron chi connectivity index (χ2n) is 5.92. The third-order valence-electron chi connectivity index (χ3n) is 4.39. The molecule has 0 saturated carbocycles. The first-order chi connectivity index (χ1) is 10.6. The van der Waals surface area contributed by atoms with Crippen LogP contribution in [-0.2, 0) is 11.2 Å². The molecule has 1 amide bonds. The second-order valence-corrected chi connectivity index (χ2v) is 5.92. The van der Waals surface area contributed by atoms with Gasteiger partial charge in [0.15, 0.2) is 11.5 Å². The first-order valence-electron chi connectivity index (χ1n) is 7.79. The van der Waals surface area contributed by atoms with Crippen molar-refractivity contribution in [3.05, 3.63) is 23.8 Å². The summed E-state index contributed by atoms with van der Waals surface area (Å²) in [5.74, 6) is 2.06. The van der Waals surface area contributed by atoms with Crippen LogP contribution in [0.4, 0.5) is 0 Å². The summed E-state index contributed by atoms with van der Waals surface area (Å²) in [5.41, 5.74) is 6.80. The van der Waals surface area contributed by atoms with Gasteiger partial charge in [0.05, 0.1) is 14.2 Å². The zero-order valence-electron chi connectivity index (χ0n) is 13.7. The SMILES string of the molecule is COc1ccc(CCC(=O)N2CC(CN)CC2C)cc1OC. The lowest BCUT2D eigenvalue weighted by atomic mass is 10.1. The number of ether oxygens (including phenoxy) is 2. The van der Waals surface area contributed by atoms with Crippen molar-refractivity contribution < 1.29 is 14.3 Å². The zero-order valence-corrected chi connectivity index (χ0v) is 13.7. The minimum Gasteiger partial charge on any atom is -0.493 e. The molecule has 0 bridgehead atoms. The first kappa shape index (κ1) is 16.6. The Bertz CT molecular complexity index is 519. The van der Waals surface area contributed by atoms with Crippen molar-refractivity contribution in [1.29, 1.82) is 0 Å². The molecule has 2 N–H and O–H groups in total. The Kier molecular flexibility index (Phi) is 5.66. The van der Waals surface area contributed by atoms with Crippen LogP contribution in [0.1, 0.15) is 25.3 Å². The molecular weight excluding hydrogens is 280 g/mol. The fourth-order valence-corrected chi connectivity index (χ4v) is 3.09. The summed E-state index contributed by atoms with van der Waals surface area (Å²) in [7, 11) is 3.23. The van der Waals surface area contributed by atoms with Crippen molar-refractivity contribution in [2.45, 2.75) is 32.2 Å². The average molecular weight is 306 g/mol. The summed E-state index contributed by atoms with van der Waals surface area (Å²) < 4.78 is 10.5. The van der Waals surface area contributed by atoms with E-state index in [0.717, 1.165) is 18.5 Å². The van der Waals surface area contributed by atoms with Gasteiger partial charge in [0.2, 0.25) is 5.91 Å². The van der Waals surface area contributed by atoms with Gasteiger partial charge in [-0.15, -0.1) is 0 Å². The van der Waals surface area contributed by atoms with Crippen molar-refractivity contribution >= 4 is 5.91 Å². The molecule has 1 aromatic rings. The Balaban J connectivity index is 1.94. The number of nitrogens with zero attached hydrogens (tertiary/aromatic N) is 1. The Hall–Kier alpha value is -1.75. The van der Waals surface area contributed by atoms with Crippen molar-refractivity contribution in [2.75, 3.05) is 27.3 Å². The molecule has 5 nitrogen and oxygen atoms in total. The standard InChI is InChI=1S/C17H26N2O3/c1-12-8-14(10-18)11-19(12)17(20)7-5-13-4-6-15(21-2)16(9-13)22-3/h4,6,9,12,14H,5,7-8,10-11,18H2,1-3H3. The largest absolute Gasteiger partial charge is 0.493 e. The summed E-state index contributed by atoms with van der Waals surface area (Å²) in [4.78, 5) is 14.4. The highest BCUT2D eigenvalue weighted by Gasteiger charge is 2.31. The van der Waals surface area contributed by atoms with Gasteiger partial charge in [-0.1, -0.05) is 6.07 Å². The number of carbonyl (C=O) groups excluding carboxylic acids is 1. The number of rotatable bonds is 6. The Labute approximate surface area is 132 Å². The molecule has 1 saturated heterocycles. The zero-order chi connectivity index (χ0) is 16.1. The van der Waals surface area contributed by atoms with Gasteiger partial charge in [-0.25, -0.2) is 0 Å². The van der Waals surface area contributed by atoms with Crippen molar-refractivity contribution in [3.63, 3.8) is 0 Å². The highest BCUT2D eigenvalue weighted by Crippen LogP contribution is 2.28. The number of hydrogen-bond acceptors (Lipinski definition) is 4. The van der Waals surface area contributed by atoms with Crippen LogP contribution in [0.15, 0.2) is 18.2 Å². The van der Waals surface area contributed by atoms with Gasteiger partial charge in [-0.3, -0.25) is 4.79 Å². The monoisotopic (exact) mass is 306 g/mol. The van der Waals surface area contributed by atoms with E-state index in [-0.39, 0.29) is 5.91 Å². The maximum atomic E-state index is 12.4. The number of benzene rings is 1. The lowest BCUT2D eigenvalue weighted by Crippen LogP contribution is -2.34. The number of aryl methyl sites for hydroxylation is 1. The maximum absolute atomic E-state index is 12.4. The van der Waals surface area contributed by atoms with E-state index in [9.17, 15) is 4.79 Å². The molecule has 2 unspecified atom stereocenters. The third-order valence-corrected chi connectivity index (χ3v) is 4.39. The van der Waals surface area contributed by atoms with Crippen LogP contribution in [0.3, 0.4) is 0 Å². The number of hydrogen-bond donors (Lipinski definition) is 1. The molecule has 5 heteroatoms.